The monoisotopic (exact) mass is 421 g/mol. The summed E-state index contributed by atoms with van der Waals surface area (Å²) in [4.78, 5) is 35.9. The molecule has 144 valence electrons. The van der Waals surface area contributed by atoms with Crippen LogP contribution in [0.5, 0.6) is 0 Å². The van der Waals surface area contributed by atoms with E-state index in [1.54, 1.807) is 11.3 Å². The molecule has 0 spiro atoms. The Morgan fingerprint density at radius 2 is 2.10 bits per heavy atom. The maximum absolute atomic E-state index is 13.0. The van der Waals surface area contributed by atoms with Crippen molar-refractivity contribution in [3.63, 3.8) is 0 Å². The predicted molar refractivity (Wildman–Crippen MR) is 114 cm³/mol. The Kier molecular flexibility index (Phi) is 4.45. The van der Waals surface area contributed by atoms with Crippen LogP contribution in [0, 0.1) is 0 Å². The third-order valence-electron chi connectivity index (χ3n) is 4.54. The van der Waals surface area contributed by atoms with Gasteiger partial charge in [-0.15, -0.1) is 22.7 Å². The number of amides is 1. The molecule has 5 aromatic rings. The molecule has 0 unspecified atom stereocenters. The van der Waals surface area contributed by atoms with Gasteiger partial charge in [0.15, 0.2) is 0 Å². The minimum absolute atomic E-state index is 0.0884. The van der Waals surface area contributed by atoms with Crippen molar-refractivity contribution in [2.75, 3.05) is 0 Å². The van der Waals surface area contributed by atoms with E-state index in [0.29, 0.717) is 16.8 Å². The molecule has 1 amide bonds. The maximum atomic E-state index is 13.0. The molecule has 29 heavy (non-hydrogen) atoms. The third kappa shape index (κ3) is 3.34. The first kappa shape index (κ1) is 17.8. The molecule has 0 aromatic carbocycles. The second-order valence-corrected chi connectivity index (χ2v) is 8.27. The molecule has 7 nitrogen and oxygen atoms in total. The Hall–Kier alpha value is -3.30. The molecule has 0 atom stereocenters. The quantitative estimate of drug-likeness (QED) is 0.473. The summed E-state index contributed by atoms with van der Waals surface area (Å²) in [6.45, 7) is 0.207. The summed E-state index contributed by atoms with van der Waals surface area (Å²) in [7, 11) is 0. The van der Waals surface area contributed by atoms with Crippen LogP contribution in [-0.4, -0.2) is 24.8 Å². The van der Waals surface area contributed by atoms with Crippen LogP contribution in [0.4, 0.5) is 0 Å². The number of hydrogen-bond acceptors (Lipinski definition) is 6. The van der Waals surface area contributed by atoms with Gasteiger partial charge in [0.05, 0.1) is 24.0 Å². The number of rotatable bonds is 5. The highest BCUT2D eigenvalue weighted by Crippen LogP contribution is 2.33. The number of thiophene rings is 2. The molecule has 5 aromatic heterocycles. The second kappa shape index (κ2) is 7.26. The van der Waals surface area contributed by atoms with Gasteiger partial charge in [-0.3, -0.25) is 14.2 Å². The zero-order valence-corrected chi connectivity index (χ0v) is 16.7. The van der Waals surface area contributed by atoms with Crippen molar-refractivity contribution in [1.82, 2.24) is 24.3 Å². The summed E-state index contributed by atoms with van der Waals surface area (Å²) in [5.74, 6) is -0.266. The summed E-state index contributed by atoms with van der Waals surface area (Å²) in [5, 5.41) is 7.30. The van der Waals surface area contributed by atoms with Crippen molar-refractivity contribution in [2.24, 2.45) is 0 Å². The van der Waals surface area contributed by atoms with Gasteiger partial charge in [-0.2, -0.15) is 0 Å². The molecule has 5 rings (SSSR count). The molecule has 0 aliphatic rings. The van der Waals surface area contributed by atoms with E-state index in [2.05, 4.69) is 15.3 Å². The molecular formula is C20H15N5O2S2. The van der Waals surface area contributed by atoms with Crippen LogP contribution in [0.3, 0.4) is 0 Å². The molecule has 0 radical (unpaired) electrons. The number of nitrogens with zero attached hydrogens (tertiary/aromatic N) is 4. The van der Waals surface area contributed by atoms with Crippen LogP contribution in [0.2, 0.25) is 0 Å². The molecule has 0 fully saturated rings. The number of carbonyl (C=O) groups excluding carboxylic acids is 1. The number of carbonyl (C=O) groups is 1. The second-order valence-electron chi connectivity index (χ2n) is 6.46. The molecule has 0 aliphatic carbocycles. The van der Waals surface area contributed by atoms with Gasteiger partial charge in [-0.05, 0) is 23.6 Å². The highest BCUT2D eigenvalue weighted by molar-refractivity contribution is 7.18. The Bertz CT molecular complexity index is 1350. The predicted octanol–water partition coefficient (Wildman–Crippen LogP) is 3.15. The number of pyridine rings is 1. The van der Waals surface area contributed by atoms with E-state index in [9.17, 15) is 9.59 Å². The molecule has 0 bridgehead atoms. The Labute approximate surface area is 172 Å². The van der Waals surface area contributed by atoms with E-state index in [0.717, 1.165) is 21.8 Å². The van der Waals surface area contributed by atoms with Crippen LogP contribution in [0.1, 0.15) is 5.69 Å². The normalized spacial score (nSPS) is 11.3. The van der Waals surface area contributed by atoms with Gasteiger partial charge < -0.3 is 9.72 Å². The van der Waals surface area contributed by atoms with E-state index >= 15 is 0 Å². The minimum atomic E-state index is -0.266. The van der Waals surface area contributed by atoms with Crippen LogP contribution < -0.4 is 10.9 Å². The SMILES string of the molecule is O=C(Cn1cnc2scc(-c3cccs3)c2c1=O)NCc1cn2ccccc2n1. The van der Waals surface area contributed by atoms with Gasteiger partial charge in [0.1, 0.15) is 17.0 Å². The van der Waals surface area contributed by atoms with Crippen LogP contribution >= 0.6 is 22.7 Å². The Balaban J connectivity index is 1.35. The van der Waals surface area contributed by atoms with Gasteiger partial charge >= 0.3 is 0 Å². The smallest absolute Gasteiger partial charge is 0.263 e. The first-order valence-electron chi connectivity index (χ1n) is 8.89. The number of fused-ring (bicyclic) bond motifs is 2. The summed E-state index contributed by atoms with van der Waals surface area (Å²) in [6.07, 6.45) is 5.21. The van der Waals surface area contributed by atoms with Crippen molar-refractivity contribution in [3.05, 3.63) is 75.9 Å². The van der Waals surface area contributed by atoms with Gasteiger partial charge in [-0.25, -0.2) is 9.97 Å². The van der Waals surface area contributed by atoms with Crippen molar-refractivity contribution in [2.45, 2.75) is 13.1 Å². The highest BCUT2D eigenvalue weighted by Gasteiger charge is 2.15. The molecule has 1 N–H and O–H groups in total. The lowest BCUT2D eigenvalue weighted by molar-refractivity contribution is -0.121. The van der Waals surface area contributed by atoms with Crippen molar-refractivity contribution in [3.8, 4) is 10.4 Å². The van der Waals surface area contributed by atoms with Gasteiger partial charge in [0.2, 0.25) is 5.91 Å². The van der Waals surface area contributed by atoms with Crippen molar-refractivity contribution >= 4 is 44.4 Å². The molecular weight excluding hydrogens is 406 g/mol. The molecule has 0 aliphatic heterocycles. The maximum Gasteiger partial charge on any atom is 0.263 e. The number of hydrogen-bond donors (Lipinski definition) is 1. The Morgan fingerprint density at radius 3 is 2.93 bits per heavy atom. The standard InChI is InChI=1S/C20H15N5O2S2/c26-17(21-8-13-9-24-6-2-1-5-16(24)23-13)10-25-12-22-19-18(20(25)27)14(11-29-19)15-4-3-7-28-15/h1-7,9,11-12H,8,10H2,(H,21,26). The van der Waals surface area contributed by atoms with Crippen molar-refractivity contribution in [1.29, 1.82) is 0 Å². The van der Waals surface area contributed by atoms with E-state index in [4.69, 9.17) is 0 Å². The lowest BCUT2D eigenvalue weighted by Crippen LogP contribution is -2.32. The fraction of sp³-hybridized carbons (Fsp3) is 0.100. The van der Waals surface area contributed by atoms with Crippen LogP contribution in [-0.2, 0) is 17.9 Å². The summed E-state index contributed by atoms with van der Waals surface area (Å²) in [6, 6.07) is 9.66. The highest BCUT2D eigenvalue weighted by atomic mass is 32.1. The summed E-state index contributed by atoms with van der Waals surface area (Å²) >= 11 is 3.01. The fourth-order valence-corrected chi connectivity index (χ4v) is 4.89. The average Bonchev–Trinajstić information content (AvgIpc) is 3.47. The van der Waals surface area contributed by atoms with E-state index in [1.165, 1.54) is 22.2 Å². The average molecular weight is 422 g/mol. The van der Waals surface area contributed by atoms with E-state index in [-0.39, 0.29) is 18.0 Å². The summed E-state index contributed by atoms with van der Waals surface area (Å²) < 4.78 is 3.25. The largest absolute Gasteiger partial charge is 0.349 e. The van der Waals surface area contributed by atoms with Crippen LogP contribution in [0.25, 0.3) is 26.3 Å². The Morgan fingerprint density at radius 1 is 1.17 bits per heavy atom. The molecule has 0 saturated carbocycles. The number of nitrogens with one attached hydrogen (secondary N) is 1. The number of aromatic nitrogens is 4. The summed E-state index contributed by atoms with van der Waals surface area (Å²) in [5.41, 5.74) is 2.24. The van der Waals surface area contributed by atoms with Gasteiger partial charge in [0, 0.05) is 28.2 Å². The van der Waals surface area contributed by atoms with Crippen LogP contribution in [0.15, 0.2) is 64.6 Å². The zero-order valence-electron chi connectivity index (χ0n) is 15.1. The first-order valence-corrected chi connectivity index (χ1v) is 10.6. The topological polar surface area (TPSA) is 81.3 Å². The van der Waals surface area contributed by atoms with Gasteiger partial charge in [-0.1, -0.05) is 12.1 Å². The molecule has 9 heteroatoms. The fourth-order valence-electron chi connectivity index (χ4n) is 3.17. The molecule has 5 heterocycles. The lowest BCUT2D eigenvalue weighted by atomic mass is 10.2. The molecule has 0 saturated heterocycles. The first-order chi connectivity index (χ1) is 14.2. The number of imidazole rings is 1. The minimum Gasteiger partial charge on any atom is -0.349 e. The van der Waals surface area contributed by atoms with Gasteiger partial charge in [0.25, 0.3) is 5.56 Å². The third-order valence-corrected chi connectivity index (χ3v) is 6.33. The van der Waals surface area contributed by atoms with Crippen molar-refractivity contribution < 1.29 is 4.79 Å². The van der Waals surface area contributed by atoms with E-state index < -0.39 is 0 Å². The lowest BCUT2D eigenvalue weighted by Gasteiger charge is -2.06. The van der Waals surface area contributed by atoms with E-state index in [1.807, 2.05) is 57.9 Å². The zero-order chi connectivity index (χ0) is 19.8.